The van der Waals surface area contributed by atoms with Gasteiger partial charge in [0.2, 0.25) is 0 Å². The van der Waals surface area contributed by atoms with Crippen LogP contribution in [-0.2, 0) is 0 Å². The summed E-state index contributed by atoms with van der Waals surface area (Å²) in [6.45, 7) is 2.59. The summed E-state index contributed by atoms with van der Waals surface area (Å²) in [5, 5.41) is 8.78. The van der Waals surface area contributed by atoms with E-state index in [4.69, 9.17) is 14.2 Å². The molecule has 1 amide bonds. The second-order valence-corrected chi connectivity index (χ2v) is 7.35. The fourth-order valence-corrected chi connectivity index (χ4v) is 3.70. The minimum Gasteiger partial charge on any atom is -0.497 e. The zero-order chi connectivity index (χ0) is 22.5. The molecule has 0 radical (unpaired) electrons. The molecular formula is C24H26N4O4. The van der Waals surface area contributed by atoms with Crippen LogP contribution in [0.3, 0.4) is 0 Å². The van der Waals surface area contributed by atoms with Gasteiger partial charge in [0.15, 0.2) is 17.3 Å². The number of methoxy groups -OCH3 is 3. The smallest absolute Gasteiger partial charge is 0.254 e. The summed E-state index contributed by atoms with van der Waals surface area (Å²) < 4.78 is 15.8. The maximum absolute atomic E-state index is 12.9. The third-order valence-electron chi connectivity index (χ3n) is 5.56. The summed E-state index contributed by atoms with van der Waals surface area (Å²) in [6, 6.07) is 16.9. The molecule has 2 heterocycles. The van der Waals surface area contributed by atoms with Crippen LogP contribution in [0, 0.1) is 0 Å². The first-order valence-corrected chi connectivity index (χ1v) is 10.4. The molecule has 1 fully saturated rings. The van der Waals surface area contributed by atoms with Crippen molar-refractivity contribution in [1.82, 2.24) is 15.1 Å². The van der Waals surface area contributed by atoms with Gasteiger partial charge in [0.25, 0.3) is 5.91 Å². The highest BCUT2D eigenvalue weighted by molar-refractivity contribution is 5.95. The van der Waals surface area contributed by atoms with Crippen LogP contribution in [0.25, 0.3) is 11.3 Å². The molecule has 8 nitrogen and oxygen atoms in total. The van der Waals surface area contributed by atoms with Crippen LogP contribution < -0.4 is 19.1 Å². The summed E-state index contributed by atoms with van der Waals surface area (Å²) in [4.78, 5) is 16.9. The molecule has 0 unspecified atom stereocenters. The molecule has 0 saturated carbocycles. The quantitative estimate of drug-likeness (QED) is 0.590. The van der Waals surface area contributed by atoms with Crippen LogP contribution in [0.5, 0.6) is 17.2 Å². The summed E-state index contributed by atoms with van der Waals surface area (Å²) in [5.41, 5.74) is 2.37. The average molecular weight is 434 g/mol. The molecule has 0 spiro atoms. The Kier molecular flexibility index (Phi) is 6.39. The topological polar surface area (TPSA) is 77.0 Å². The molecule has 1 aromatic heterocycles. The van der Waals surface area contributed by atoms with E-state index in [2.05, 4.69) is 15.1 Å². The number of ether oxygens (including phenoxy) is 3. The number of hydrogen-bond acceptors (Lipinski definition) is 7. The van der Waals surface area contributed by atoms with E-state index >= 15 is 0 Å². The van der Waals surface area contributed by atoms with Crippen LogP contribution in [0.2, 0.25) is 0 Å². The van der Waals surface area contributed by atoms with Crippen LogP contribution >= 0.6 is 0 Å². The van der Waals surface area contributed by atoms with Gasteiger partial charge in [-0.1, -0.05) is 0 Å². The fourth-order valence-electron chi connectivity index (χ4n) is 3.70. The molecule has 166 valence electrons. The normalized spacial score (nSPS) is 13.6. The predicted octanol–water partition coefficient (Wildman–Crippen LogP) is 3.13. The lowest BCUT2D eigenvalue weighted by atomic mass is 10.1. The van der Waals surface area contributed by atoms with Gasteiger partial charge < -0.3 is 24.0 Å². The van der Waals surface area contributed by atoms with Crippen molar-refractivity contribution in [3.05, 3.63) is 60.2 Å². The minimum absolute atomic E-state index is 0.0217. The van der Waals surface area contributed by atoms with Gasteiger partial charge in [0.05, 0.1) is 27.0 Å². The number of piperazine rings is 1. The lowest BCUT2D eigenvalue weighted by Gasteiger charge is -2.35. The Labute approximate surface area is 187 Å². The van der Waals surface area contributed by atoms with E-state index in [1.807, 2.05) is 41.3 Å². The first kappa shape index (κ1) is 21.4. The molecule has 1 saturated heterocycles. The number of carbonyl (C=O) groups excluding carboxylic acids is 1. The van der Waals surface area contributed by atoms with Gasteiger partial charge in [-0.3, -0.25) is 4.79 Å². The number of nitrogens with zero attached hydrogens (tertiary/aromatic N) is 4. The van der Waals surface area contributed by atoms with Crippen molar-refractivity contribution in [2.45, 2.75) is 0 Å². The van der Waals surface area contributed by atoms with Gasteiger partial charge in [-0.05, 0) is 54.6 Å². The molecule has 0 bridgehead atoms. The molecule has 4 rings (SSSR count). The van der Waals surface area contributed by atoms with Crippen molar-refractivity contribution in [3.8, 4) is 28.5 Å². The number of carbonyl (C=O) groups is 1. The second kappa shape index (κ2) is 9.55. The van der Waals surface area contributed by atoms with E-state index in [0.717, 1.165) is 22.8 Å². The summed E-state index contributed by atoms with van der Waals surface area (Å²) in [5.74, 6) is 2.74. The van der Waals surface area contributed by atoms with Gasteiger partial charge >= 0.3 is 0 Å². The Hall–Kier alpha value is -3.81. The van der Waals surface area contributed by atoms with Crippen molar-refractivity contribution < 1.29 is 19.0 Å². The summed E-state index contributed by atoms with van der Waals surface area (Å²) >= 11 is 0. The summed E-state index contributed by atoms with van der Waals surface area (Å²) in [6.07, 6.45) is 0. The zero-order valence-corrected chi connectivity index (χ0v) is 18.4. The summed E-state index contributed by atoms with van der Waals surface area (Å²) in [7, 11) is 4.78. The van der Waals surface area contributed by atoms with E-state index in [1.165, 1.54) is 0 Å². The molecule has 1 aliphatic heterocycles. The molecule has 0 aliphatic carbocycles. The lowest BCUT2D eigenvalue weighted by molar-refractivity contribution is 0.0746. The monoisotopic (exact) mass is 434 g/mol. The Balaban J connectivity index is 1.38. The molecule has 1 aliphatic rings. The first-order chi connectivity index (χ1) is 15.6. The average Bonchev–Trinajstić information content (AvgIpc) is 2.88. The number of aromatic nitrogens is 2. The van der Waals surface area contributed by atoms with Crippen LogP contribution in [0.15, 0.2) is 54.6 Å². The Bertz CT molecular complexity index is 1060. The van der Waals surface area contributed by atoms with Gasteiger partial charge in [-0.2, -0.15) is 0 Å². The first-order valence-electron chi connectivity index (χ1n) is 10.4. The fraction of sp³-hybridized carbons (Fsp3) is 0.292. The van der Waals surface area contributed by atoms with Crippen molar-refractivity contribution >= 4 is 11.7 Å². The third-order valence-corrected chi connectivity index (χ3v) is 5.56. The Morgan fingerprint density at radius 1 is 0.781 bits per heavy atom. The van der Waals surface area contributed by atoms with Crippen molar-refractivity contribution in [2.24, 2.45) is 0 Å². The van der Waals surface area contributed by atoms with Crippen LogP contribution in [-0.4, -0.2) is 68.5 Å². The van der Waals surface area contributed by atoms with E-state index in [0.29, 0.717) is 43.2 Å². The standard InChI is InChI=1S/C24H26N4O4/c1-30-19-7-4-17(5-8-19)20-9-11-23(26-25-20)27-12-14-28(15-13-27)24(29)18-6-10-21(31-2)22(16-18)32-3/h4-11,16H,12-15H2,1-3H3. The molecule has 32 heavy (non-hydrogen) atoms. The van der Waals surface area contributed by atoms with Gasteiger partial charge in [0.1, 0.15) is 5.75 Å². The highest BCUT2D eigenvalue weighted by Crippen LogP contribution is 2.28. The number of rotatable bonds is 6. The van der Waals surface area contributed by atoms with Gasteiger partial charge in [-0.15, -0.1) is 10.2 Å². The van der Waals surface area contributed by atoms with Gasteiger partial charge in [-0.25, -0.2) is 0 Å². The van der Waals surface area contributed by atoms with Crippen molar-refractivity contribution in [2.75, 3.05) is 52.4 Å². The van der Waals surface area contributed by atoms with Crippen molar-refractivity contribution in [3.63, 3.8) is 0 Å². The molecule has 8 heteroatoms. The Morgan fingerprint density at radius 3 is 2.09 bits per heavy atom. The molecule has 2 aromatic carbocycles. The molecule has 3 aromatic rings. The van der Waals surface area contributed by atoms with Gasteiger partial charge in [0, 0.05) is 37.3 Å². The third kappa shape index (κ3) is 4.44. The maximum atomic E-state index is 12.9. The predicted molar refractivity (Wildman–Crippen MR) is 122 cm³/mol. The molecule has 0 atom stereocenters. The molecule has 0 N–H and O–H groups in total. The van der Waals surface area contributed by atoms with Crippen molar-refractivity contribution in [1.29, 1.82) is 0 Å². The number of anilines is 1. The Morgan fingerprint density at radius 2 is 1.50 bits per heavy atom. The maximum Gasteiger partial charge on any atom is 0.254 e. The second-order valence-electron chi connectivity index (χ2n) is 7.35. The SMILES string of the molecule is COc1ccc(-c2ccc(N3CCN(C(=O)c4ccc(OC)c(OC)c4)CC3)nn2)cc1. The van der Waals surface area contributed by atoms with E-state index in [9.17, 15) is 4.79 Å². The lowest BCUT2D eigenvalue weighted by Crippen LogP contribution is -2.49. The highest BCUT2D eigenvalue weighted by Gasteiger charge is 2.24. The number of amides is 1. The number of hydrogen-bond donors (Lipinski definition) is 0. The van der Waals surface area contributed by atoms with Crippen LogP contribution in [0.4, 0.5) is 5.82 Å². The highest BCUT2D eigenvalue weighted by atomic mass is 16.5. The largest absolute Gasteiger partial charge is 0.497 e. The molecular weight excluding hydrogens is 408 g/mol. The number of benzene rings is 2. The van der Waals surface area contributed by atoms with E-state index in [1.54, 1.807) is 39.5 Å². The van der Waals surface area contributed by atoms with Crippen LogP contribution in [0.1, 0.15) is 10.4 Å². The zero-order valence-electron chi connectivity index (χ0n) is 18.4. The minimum atomic E-state index is -0.0217. The van der Waals surface area contributed by atoms with E-state index < -0.39 is 0 Å². The van der Waals surface area contributed by atoms with E-state index in [-0.39, 0.29) is 5.91 Å².